The number of ether oxygens (including phenoxy) is 1. The Hall–Kier alpha value is -1.67. The van der Waals surface area contributed by atoms with Crippen LogP contribution in [0.3, 0.4) is 0 Å². The molecular formula is C14H12INO4. The summed E-state index contributed by atoms with van der Waals surface area (Å²) in [5, 5.41) is 20.6. The third-order valence-corrected chi connectivity index (χ3v) is 3.36. The lowest BCUT2D eigenvalue weighted by Crippen LogP contribution is -1.97. The van der Waals surface area contributed by atoms with E-state index in [4.69, 9.17) is 4.74 Å². The van der Waals surface area contributed by atoms with Gasteiger partial charge in [0.05, 0.1) is 11.0 Å². The van der Waals surface area contributed by atoms with Gasteiger partial charge in [0.2, 0.25) is 5.75 Å². The number of aliphatic hydroxyl groups excluding tert-OH is 1. The van der Waals surface area contributed by atoms with Crippen molar-refractivity contribution >= 4 is 28.3 Å². The number of hydrogen-bond acceptors (Lipinski definition) is 4. The van der Waals surface area contributed by atoms with Crippen molar-refractivity contribution < 1.29 is 14.8 Å². The van der Waals surface area contributed by atoms with Gasteiger partial charge in [0, 0.05) is 9.64 Å². The normalized spacial score (nSPS) is 11.9. The van der Waals surface area contributed by atoms with E-state index in [1.54, 1.807) is 25.1 Å². The van der Waals surface area contributed by atoms with Crippen LogP contribution in [-0.2, 0) is 0 Å². The number of halogens is 1. The van der Waals surface area contributed by atoms with Gasteiger partial charge in [0.25, 0.3) is 0 Å². The van der Waals surface area contributed by atoms with Crippen molar-refractivity contribution in [1.29, 1.82) is 0 Å². The van der Waals surface area contributed by atoms with E-state index in [9.17, 15) is 15.2 Å². The van der Waals surface area contributed by atoms with Gasteiger partial charge in [-0.3, -0.25) is 10.1 Å². The second-order valence-electron chi connectivity index (χ2n) is 4.22. The Kier molecular flexibility index (Phi) is 4.56. The maximum absolute atomic E-state index is 11.1. The molecule has 2 aromatic rings. The van der Waals surface area contributed by atoms with Crippen molar-refractivity contribution in [2.45, 2.75) is 13.0 Å². The first-order valence-electron chi connectivity index (χ1n) is 5.87. The number of benzene rings is 2. The molecule has 0 radical (unpaired) electrons. The zero-order valence-electron chi connectivity index (χ0n) is 10.6. The molecule has 2 aromatic carbocycles. The van der Waals surface area contributed by atoms with E-state index in [0.717, 1.165) is 3.57 Å². The fraction of sp³-hybridized carbons (Fsp3) is 0.143. The van der Waals surface area contributed by atoms with E-state index < -0.39 is 11.0 Å². The highest BCUT2D eigenvalue weighted by molar-refractivity contribution is 14.1. The highest BCUT2D eigenvalue weighted by Crippen LogP contribution is 2.33. The van der Waals surface area contributed by atoms with Crippen molar-refractivity contribution in [2.75, 3.05) is 0 Å². The van der Waals surface area contributed by atoms with Crippen LogP contribution in [0, 0.1) is 13.7 Å². The molecular weight excluding hydrogens is 373 g/mol. The zero-order chi connectivity index (χ0) is 14.7. The molecule has 0 aliphatic heterocycles. The van der Waals surface area contributed by atoms with Crippen molar-refractivity contribution in [3.63, 3.8) is 0 Å². The molecule has 20 heavy (non-hydrogen) atoms. The smallest absolute Gasteiger partial charge is 0.311 e. The molecule has 0 spiro atoms. The molecule has 0 saturated heterocycles. The Morgan fingerprint density at radius 3 is 2.65 bits per heavy atom. The van der Waals surface area contributed by atoms with Crippen molar-refractivity contribution in [3.05, 3.63) is 61.7 Å². The average Bonchev–Trinajstić information content (AvgIpc) is 2.38. The third-order valence-electron chi connectivity index (χ3n) is 2.69. The summed E-state index contributed by atoms with van der Waals surface area (Å²) in [6.45, 7) is 1.55. The minimum absolute atomic E-state index is 0.154. The molecule has 5 nitrogen and oxygen atoms in total. The minimum Gasteiger partial charge on any atom is -0.450 e. The van der Waals surface area contributed by atoms with Gasteiger partial charge < -0.3 is 9.84 Å². The van der Waals surface area contributed by atoms with Gasteiger partial charge in [-0.2, -0.15) is 0 Å². The van der Waals surface area contributed by atoms with Gasteiger partial charge in [0.1, 0.15) is 5.75 Å². The number of rotatable bonds is 4. The molecule has 0 saturated carbocycles. The quantitative estimate of drug-likeness (QED) is 0.490. The molecule has 0 bridgehead atoms. The standard InChI is InChI=1S/C14H12INO4/c1-9(17)10-5-6-14(13(7-10)16(18)19)20-12-4-2-3-11(15)8-12/h2-9,17H,1H3/t9-/m0/s1. The van der Waals surface area contributed by atoms with E-state index in [2.05, 4.69) is 22.6 Å². The first-order valence-corrected chi connectivity index (χ1v) is 6.95. The van der Waals surface area contributed by atoms with Crippen molar-refractivity contribution in [1.82, 2.24) is 0 Å². The van der Waals surface area contributed by atoms with Crippen LogP contribution in [0.2, 0.25) is 0 Å². The number of nitro benzene ring substituents is 1. The molecule has 2 rings (SSSR count). The highest BCUT2D eigenvalue weighted by atomic mass is 127. The van der Waals surface area contributed by atoms with Crippen LogP contribution in [0.4, 0.5) is 5.69 Å². The Bertz CT molecular complexity index is 643. The largest absolute Gasteiger partial charge is 0.450 e. The number of hydrogen-bond donors (Lipinski definition) is 1. The molecule has 0 aliphatic rings. The predicted molar refractivity (Wildman–Crippen MR) is 83.0 cm³/mol. The predicted octanol–water partition coefficient (Wildman–Crippen LogP) is 4.05. The molecule has 0 heterocycles. The van der Waals surface area contributed by atoms with E-state index in [1.807, 2.05) is 12.1 Å². The minimum atomic E-state index is -0.763. The highest BCUT2D eigenvalue weighted by Gasteiger charge is 2.18. The molecule has 1 atom stereocenters. The van der Waals surface area contributed by atoms with Gasteiger partial charge in [-0.1, -0.05) is 12.1 Å². The Balaban J connectivity index is 2.38. The van der Waals surface area contributed by atoms with Crippen LogP contribution in [0.1, 0.15) is 18.6 Å². The van der Waals surface area contributed by atoms with Crippen LogP contribution in [-0.4, -0.2) is 10.0 Å². The molecule has 0 aliphatic carbocycles. The van der Waals surface area contributed by atoms with Gasteiger partial charge in [0.15, 0.2) is 0 Å². The van der Waals surface area contributed by atoms with Gasteiger partial charge in [-0.05, 0) is 59.3 Å². The van der Waals surface area contributed by atoms with E-state index in [1.165, 1.54) is 12.1 Å². The summed E-state index contributed by atoms with van der Waals surface area (Å²) in [6, 6.07) is 11.7. The second kappa shape index (κ2) is 6.19. The molecule has 1 N–H and O–H groups in total. The monoisotopic (exact) mass is 385 g/mol. The third kappa shape index (κ3) is 3.45. The van der Waals surface area contributed by atoms with E-state index in [-0.39, 0.29) is 11.4 Å². The van der Waals surface area contributed by atoms with Crippen LogP contribution in [0.25, 0.3) is 0 Å². The first-order chi connectivity index (χ1) is 9.47. The summed E-state index contributed by atoms with van der Waals surface area (Å²) in [7, 11) is 0. The summed E-state index contributed by atoms with van der Waals surface area (Å²) >= 11 is 2.14. The molecule has 0 amide bonds. The van der Waals surface area contributed by atoms with E-state index >= 15 is 0 Å². The van der Waals surface area contributed by atoms with Crippen LogP contribution < -0.4 is 4.74 Å². The van der Waals surface area contributed by atoms with Crippen LogP contribution >= 0.6 is 22.6 Å². The Morgan fingerprint density at radius 1 is 1.30 bits per heavy atom. The lowest BCUT2D eigenvalue weighted by Gasteiger charge is -2.09. The molecule has 0 fully saturated rings. The van der Waals surface area contributed by atoms with Gasteiger partial charge in [-0.15, -0.1) is 0 Å². The number of nitrogens with zero attached hydrogens (tertiary/aromatic N) is 1. The molecule has 0 aromatic heterocycles. The van der Waals surface area contributed by atoms with Crippen LogP contribution in [0.15, 0.2) is 42.5 Å². The number of nitro groups is 1. The fourth-order valence-electron chi connectivity index (χ4n) is 1.68. The Morgan fingerprint density at radius 2 is 2.05 bits per heavy atom. The second-order valence-corrected chi connectivity index (χ2v) is 5.47. The lowest BCUT2D eigenvalue weighted by molar-refractivity contribution is -0.385. The Labute approximate surface area is 129 Å². The SMILES string of the molecule is C[C@H](O)c1ccc(Oc2cccc(I)c2)c([N+](=O)[O-])c1. The molecule has 6 heteroatoms. The lowest BCUT2D eigenvalue weighted by atomic mass is 10.1. The van der Waals surface area contributed by atoms with E-state index in [0.29, 0.717) is 11.3 Å². The summed E-state index contributed by atoms with van der Waals surface area (Å²) in [5.41, 5.74) is 0.314. The maximum atomic E-state index is 11.1. The molecule has 104 valence electrons. The summed E-state index contributed by atoms with van der Waals surface area (Å²) in [6.07, 6.45) is -0.763. The van der Waals surface area contributed by atoms with Crippen molar-refractivity contribution in [2.24, 2.45) is 0 Å². The van der Waals surface area contributed by atoms with Gasteiger partial charge in [-0.25, -0.2) is 0 Å². The first kappa shape index (κ1) is 14.7. The van der Waals surface area contributed by atoms with Crippen LogP contribution in [0.5, 0.6) is 11.5 Å². The zero-order valence-corrected chi connectivity index (χ0v) is 12.8. The number of aliphatic hydroxyl groups is 1. The topological polar surface area (TPSA) is 72.6 Å². The van der Waals surface area contributed by atoms with Crippen molar-refractivity contribution in [3.8, 4) is 11.5 Å². The summed E-state index contributed by atoms with van der Waals surface area (Å²) < 4.78 is 6.53. The summed E-state index contributed by atoms with van der Waals surface area (Å²) in [4.78, 5) is 10.6. The maximum Gasteiger partial charge on any atom is 0.311 e. The summed E-state index contributed by atoms with van der Waals surface area (Å²) in [5.74, 6) is 0.686. The van der Waals surface area contributed by atoms with Gasteiger partial charge >= 0.3 is 5.69 Å². The molecule has 0 unspecified atom stereocenters. The fourth-order valence-corrected chi connectivity index (χ4v) is 2.20. The average molecular weight is 385 g/mol.